The molecule has 1 atom stereocenters. The molecule has 0 N–H and O–H groups in total. The molecule has 0 aliphatic carbocycles. The maximum atomic E-state index is 5.49. The highest BCUT2D eigenvalue weighted by molar-refractivity contribution is 4.62. The molecule has 1 unspecified atom stereocenters. The van der Waals surface area contributed by atoms with Gasteiger partial charge < -0.3 is 4.74 Å². The van der Waals surface area contributed by atoms with Crippen LogP contribution in [0.5, 0.6) is 0 Å². The fourth-order valence-electron chi connectivity index (χ4n) is 1.35. The lowest BCUT2D eigenvalue weighted by Gasteiger charge is -2.20. The van der Waals surface area contributed by atoms with Gasteiger partial charge in [-0.15, -0.1) is 0 Å². The van der Waals surface area contributed by atoms with E-state index in [9.17, 15) is 0 Å². The van der Waals surface area contributed by atoms with Crippen molar-refractivity contribution in [2.75, 3.05) is 6.61 Å². The van der Waals surface area contributed by atoms with E-state index in [1.54, 1.807) is 0 Å². The van der Waals surface area contributed by atoms with E-state index in [-0.39, 0.29) is 0 Å². The number of hydrogen-bond donors (Lipinski definition) is 0. The zero-order valence-electron chi connectivity index (χ0n) is 7.68. The average molecular weight is 144 g/mol. The van der Waals surface area contributed by atoms with Crippen LogP contribution in [0, 0.1) is 5.92 Å². The second-order valence-electron chi connectivity index (χ2n) is 2.74. The van der Waals surface area contributed by atoms with Crippen molar-refractivity contribution in [1.82, 2.24) is 0 Å². The maximum absolute atomic E-state index is 5.49. The van der Waals surface area contributed by atoms with Gasteiger partial charge in [0.15, 0.2) is 0 Å². The van der Waals surface area contributed by atoms with Crippen molar-refractivity contribution in [2.45, 2.75) is 46.6 Å². The van der Waals surface area contributed by atoms with Gasteiger partial charge in [-0.1, -0.05) is 26.7 Å². The summed E-state index contributed by atoms with van der Waals surface area (Å²) in [5, 5.41) is 0. The van der Waals surface area contributed by atoms with E-state index in [0.29, 0.717) is 6.10 Å². The summed E-state index contributed by atoms with van der Waals surface area (Å²) in [5.41, 5.74) is 0. The first-order valence-electron chi connectivity index (χ1n) is 4.37. The Kier molecular flexibility index (Phi) is 5.70. The third kappa shape index (κ3) is 3.21. The van der Waals surface area contributed by atoms with Gasteiger partial charge in [0.05, 0.1) is 6.10 Å². The molecule has 0 saturated carbocycles. The molecule has 0 aromatic carbocycles. The highest BCUT2D eigenvalue weighted by Gasteiger charge is 2.12. The molecule has 0 aliphatic heterocycles. The van der Waals surface area contributed by atoms with Crippen molar-refractivity contribution in [2.24, 2.45) is 5.92 Å². The van der Waals surface area contributed by atoms with Crippen molar-refractivity contribution in [3.05, 3.63) is 0 Å². The largest absolute Gasteiger partial charge is 0.379 e. The average Bonchev–Trinajstić information content (AvgIpc) is 1.91. The minimum Gasteiger partial charge on any atom is -0.379 e. The highest BCUT2D eigenvalue weighted by atomic mass is 16.5. The van der Waals surface area contributed by atoms with Gasteiger partial charge in [-0.2, -0.15) is 0 Å². The molecular weight excluding hydrogens is 124 g/mol. The lowest BCUT2D eigenvalue weighted by Crippen LogP contribution is -2.19. The third-order valence-electron chi connectivity index (χ3n) is 2.14. The summed E-state index contributed by atoms with van der Waals surface area (Å²) in [6, 6.07) is 0. The molecule has 1 heteroatoms. The Morgan fingerprint density at radius 3 is 1.90 bits per heavy atom. The molecule has 0 saturated heterocycles. The molecule has 0 aromatic heterocycles. The molecule has 0 rings (SSSR count). The summed E-state index contributed by atoms with van der Waals surface area (Å²) in [5.74, 6) is 0.750. The van der Waals surface area contributed by atoms with Gasteiger partial charge >= 0.3 is 0 Å². The molecule has 62 valence electrons. The topological polar surface area (TPSA) is 9.23 Å². The zero-order chi connectivity index (χ0) is 7.98. The van der Waals surface area contributed by atoms with Crippen LogP contribution in [0.4, 0.5) is 0 Å². The summed E-state index contributed by atoms with van der Waals surface area (Å²) in [7, 11) is 0. The minimum absolute atomic E-state index is 0.444. The van der Waals surface area contributed by atoms with Crippen molar-refractivity contribution in [3.8, 4) is 0 Å². The van der Waals surface area contributed by atoms with Crippen LogP contribution in [-0.2, 0) is 4.74 Å². The van der Waals surface area contributed by atoms with E-state index < -0.39 is 0 Å². The molecule has 1 nitrogen and oxygen atoms in total. The summed E-state index contributed by atoms with van der Waals surface area (Å²) in [6.45, 7) is 9.52. The predicted octanol–water partition coefficient (Wildman–Crippen LogP) is 2.85. The SMILES string of the molecule is CCOC(C)C(CC)CC. The summed E-state index contributed by atoms with van der Waals surface area (Å²) < 4.78 is 5.49. The standard InChI is InChI=1S/C9H20O/c1-5-9(6-2)8(4)10-7-3/h8-9H,5-7H2,1-4H3. The van der Waals surface area contributed by atoms with E-state index >= 15 is 0 Å². The Balaban J connectivity index is 3.53. The molecule has 0 spiro atoms. The molecule has 0 amide bonds. The van der Waals surface area contributed by atoms with E-state index in [2.05, 4.69) is 27.7 Å². The van der Waals surface area contributed by atoms with Crippen LogP contribution in [0.1, 0.15) is 40.5 Å². The zero-order valence-corrected chi connectivity index (χ0v) is 7.68. The number of hydrogen-bond acceptors (Lipinski definition) is 1. The third-order valence-corrected chi connectivity index (χ3v) is 2.14. The molecule has 0 bridgehead atoms. The van der Waals surface area contributed by atoms with Crippen molar-refractivity contribution >= 4 is 0 Å². The van der Waals surface area contributed by atoms with Gasteiger partial charge in [-0.3, -0.25) is 0 Å². The molecule has 0 aliphatic rings. The first-order valence-corrected chi connectivity index (χ1v) is 4.37. The summed E-state index contributed by atoms with van der Waals surface area (Å²) in [4.78, 5) is 0. The fourth-order valence-corrected chi connectivity index (χ4v) is 1.35. The Morgan fingerprint density at radius 2 is 1.60 bits per heavy atom. The Morgan fingerprint density at radius 1 is 1.10 bits per heavy atom. The van der Waals surface area contributed by atoms with Crippen LogP contribution in [0.15, 0.2) is 0 Å². The minimum atomic E-state index is 0.444. The second kappa shape index (κ2) is 5.72. The lowest BCUT2D eigenvalue weighted by molar-refractivity contribution is 0.0304. The van der Waals surface area contributed by atoms with Crippen molar-refractivity contribution < 1.29 is 4.74 Å². The van der Waals surface area contributed by atoms with E-state index in [4.69, 9.17) is 4.74 Å². The van der Waals surface area contributed by atoms with Crippen LogP contribution < -0.4 is 0 Å². The van der Waals surface area contributed by atoms with Gasteiger partial charge in [0.25, 0.3) is 0 Å². The van der Waals surface area contributed by atoms with Gasteiger partial charge in [0, 0.05) is 6.61 Å². The van der Waals surface area contributed by atoms with Crippen LogP contribution in [-0.4, -0.2) is 12.7 Å². The van der Waals surface area contributed by atoms with Crippen LogP contribution in [0.25, 0.3) is 0 Å². The lowest BCUT2D eigenvalue weighted by atomic mass is 9.98. The van der Waals surface area contributed by atoms with Crippen molar-refractivity contribution in [3.63, 3.8) is 0 Å². The fraction of sp³-hybridized carbons (Fsp3) is 1.00. The monoisotopic (exact) mass is 144 g/mol. The van der Waals surface area contributed by atoms with Gasteiger partial charge in [0.2, 0.25) is 0 Å². The summed E-state index contributed by atoms with van der Waals surface area (Å²) >= 11 is 0. The normalized spacial score (nSPS) is 14.1. The van der Waals surface area contributed by atoms with Crippen LogP contribution >= 0.6 is 0 Å². The summed E-state index contributed by atoms with van der Waals surface area (Å²) in [6.07, 6.45) is 2.91. The van der Waals surface area contributed by atoms with Gasteiger partial charge in [0.1, 0.15) is 0 Å². The second-order valence-corrected chi connectivity index (χ2v) is 2.74. The van der Waals surface area contributed by atoms with Gasteiger partial charge in [-0.05, 0) is 19.8 Å². The first kappa shape index (κ1) is 9.96. The highest BCUT2D eigenvalue weighted by Crippen LogP contribution is 2.15. The molecule has 0 aromatic rings. The Bertz CT molecular complexity index is 67.1. The molecule has 10 heavy (non-hydrogen) atoms. The van der Waals surface area contributed by atoms with E-state index in [1.165, 1.54) is 12.8 Å². The molecular formula is C9H20O. The number of rotatable bonds is 5. The van der Waals surface area contributed by atoms with Crippen LogP contribution in [0.2, 0.25) is 0 Å². The molecule has 0 radical (unpaired) electrons. The first-order chi connectivity index (χ1) is 4.76. The van der Waals surface area contributed by atoms with Crippen LogP contribution in [0.3, 0.4) is 0 Å². The predicted molar refractivity (Wildman–Crippen MR) is 45.2 cm³/mol. The van der Waals surface area contributed by atoms with E-state index in [0.717, 1.165) is 12.5 Å². The smallest absolute Gasteiger partial charge is 0.0574 e. The Labute approximate surface area is 64.8 Å². The van der Waals surface area contributed by atoms with Crippen molar-refractivity contribution in [1.29, 1.82) is 0 Å². The maximum Gasteiger partial charge on any atom is 0.0574 e. The number of ether oxygens (including phenoxy) is 1. The van der Waals surface area contributed by atoms with E-state index in [1.807, 2.05) is 0 Å². The molecule has 0 heterocycles. The van der Waals surface area contributed by atoms with Gasteiger partial charge in [-0.25, -0.2) is 0 Å². The molecule has 0 fully saturated rings. The Hall–Kier alpha value is -0.0400. The quantitative estimate of drug-likeness (QED) is 0.576.